The van der Waals surface area contributed by atoms with E-state index in [1.807, 2.05) is 53.7 Å². The molecule has 11 nitrogen and oxygen atoms in total. The molecule has 1 aliphatic heterocycles. The number of benzene rings is 1. The number of aliphatic imine (C=N–C) groups is 1. The zero-order valence-electron chi connectivity index (χ0n) is 23.9. The topological polar surface area (TPSA) is 125 Å². The average Bonchev–Trinajstić information content (AvgIpc) is 3.73. The van der Waals surface area contributed by atoms with E-state index in [1.165, 1.54) is 0 Å². The Balaban J connectivity index is 1.65. The summed E-state index contributed by atoms with van der Waals surface area (Å²) in [5, 5.41) is 14.3. The molecule has 4 aromatic rings. The summed E-state index contributed by atoms with van der Waals surface area (Å²) in [7, 11) is 0. The van der Waals surface area contributed by atoms with Crippen molar-refractivity contribution in [1.29, 1.82) is 0 Å². The summed E-state index contributed by atoms with van der Waals surface area (Å²) in [5.41, 5.74) is 2.42. The number of aromatic nitrogens is 7. The van der Waals surface area contributed by atoms with Gasteiger partial charge in [-0.1, -0.05) is 37.6 Å². The Morgan fingerprint density at radius 3 is 2.76 bits per heavy atom. The van der Waals surface area contributed by atoms with E-state index in [0.29, 0.717) is 30.2 Å². The lowest BCUT2D eigenvalue weighted by Gasteiger charge is -2.32. The van der Waals surface area contributed by atoms with E-state index in [1.54, 1.807) is 23.8 Å². The van der Waals surface area contributed by atoms with Gasteiger partial charge in [-0.15, -0.1) is 5.10 Å². The minimum atomic E-state index is -0.536. The maximum absolute atomic E-state index is 14.3. The quantitative estimate of drug-likeness (QED) is 0.268. The van der Waals surface area contributed by atoms with Crippen LogP contribution in [0.5, 0.6) is 0 Å². The van der Waals surface area contributed by atoms with Gasteiger partial charge in [-0.25, -0.2) is 14.7 Å². The summed E-state index contributed by atoms with van der Waals surface area (Å²) in [5.74, 6) is 0.649. The van der Waals surface area contributed by atoms with Crippen molar-refractivity contribution in [2.24, 2.45) is 4.99 Å². The van der Waals surface area contributed by atoms with Gasteiger partial charge in [0.05, 0.1) is 6.61 Å². The molecule has 1 aromatic carbocycles. The number of aryl methyl sites for hydroxylation is 1. The normalized spacial score (nSPS) is 16.5. The van der Waals surface area contributed by atoms with E-state index >= 15 is 0 Å². The van der Waals surface area contributed by atoms with Crippen molar-refractivity contribution < 1.29 is 9.53 Å². The first kappa shape index (κ1) is 28.0. The number of H-pyrrole nitrogens is 1. The third kappa shape index (κ3) is 5.44. The van der Waals surface area contributed by atoms with Crippen molar-refractivity contribution in [2.45, 2.75) is 71.4 Å². The Bertz CT molecular complexity index is 1620. The molecule has 3 aromatic heterocycles. The summed E-state index contributed by atoms with van der Waals surface area (Å²) in [6.07, 6.45) is 12.7. The lowest BCUT2D eigenvalue weighted by Crippen LogP contribution is -2.37. The van der Waals surface area contributed by atoms with Gasteiger partial charge in [0.2, 0.25) is 0 Å². The molecule has 214 valence electrons. The summed E-state index contributed by atoms with van der Waals surface area (Å²) in [4.78, 5) is 31.6. The minimum Gasteiger partial charge on any atom is -0.462 e. The molecule has 0 amide bonds. The van der Waals surface area contributed by atoms with Crippen LogP contribution in [-0.4, -0.2) is 53.1 Å². The smallest absolute Gasteiger partial charge is 0.341 e. The van der Waals surface area contributed by atoms with E-state index in [0.717, 1.165) is 36.1 Å². The molecule has 0 radical (unpaired) electrons. The number of imidazole rings is 1. The van der Waals surface area contributed by atoms with Crippen LogP contribution in [-0.2, 0) is 23.1 Å². The molecular formula is C30H36N8O3. The van der Waals surface area contributed by atoms with Crippen molar-refractivity contribution in [3.05, 3.63) is 82.3 Å². The number of unbranched alkanes of at least 4 members (excludes halogenated alkanes) is 1. The molecule has 1 N–H and O–H groups in total. The van der Waals surface area contributed by atoms with E-state index in [9.17, 15) is 9.59 Å². The van der Waals surface area contributed by atoms with Crippen LogP contribution in [0.3, 0.4) is 0 Å². The molecule has 0 fully saturated rings. The number of hydrogen-bond donors (Lipinski definition) is 1. The highest BCUT2D eigenvalue weighted by atomic mass is 16.5. The van der Waals surface area contributed by atoms with Gasteiger partial charge in [-0.3, -0.25) is 14.1 Å². The molecule has 41 heavy (non-hydrogen) atoms. The first-order valence-corrected chi connectivity index (χ1v) is 14.1. The van der Waals surface area contributed by atoms with Crippen LogP contribution < -0.4 is 5.69 Å². The van der Waals surface area contributed by atoms with Crippen LogP contribution in [0.25, 0.3) is 17.2 Å². The molecule has 0 saturated heterocycles. The molecule has 11 heteroatoms. The number of carbonyl (C=O) groups is 1. The Hall–Kier alpha value is -4.54. The maximum Gasteiger partial charge on any atom is 0.341 e. The fourth-order valence-electron chi connectivity index (χ4n) is 5.38. The van der Waals surface area contributed by atoms with E-state index in [-0.39, 0.29) is 18.3 Å². The number of nitrogens with one attached hydrogen (secondary N) is 1. The summed E-state index contributed by atoms with van der Waals surface area (Å²) in [6, 6.07) is 9.80. The second kappa shape index (κ2) is 11.9. The second-order valence-corrected chi connectivity index (χ2v) is 10.6. The van der Waals surface area contributed by atoms with Crippen molar-refractivity contribution in [3.8, 4) is 17.2 Å². The van der Waals surface area contributed by atoms with Gasteiger partial charge in [0.15, 0.2) is 5.82 Å². The van der Waals surface area contributed by atoms with E-state index in [2.05, 4.69) is 50.7 Å². The summed E-state index contributed by atoms with van der Waals surface area (Å²) >= 11 is 0. The molecule has 1 unspecified atom stereocenters. The van der Waals surface area contributed by atoms with Gasteiger partial charge in [0, 0.05) is 54.1 Å². The Morgan fingerprint density at radius 1 is 1.22 bits per heavy atom. The number of ether oxygens (including phenoxy) is 1. The third-order valence-corrected chi connectivity index (χ3v) is 7.55. The van der Waals surface area contributed by atoms with Crippen LogP contribution in [0, 0.1) is 0 Å². The molecule has 1 aliphatic rings. The van der Waals surface area contributed by atoms with Gasteiger partial charge >= 0.3 is 11.7 Å². The number of nitrogens with zero attached hydrogens (tertiary/aromatic N) is 7. The van der Waals surface area contributed by atoms with Crippen LogP contribution in [0.4, 0.5) is 0 Å². The van der Waals surface area contributed by atoms with Crippen molar-refractivity contribution in [1.82, 2.24) is 34.3 Å². The lowest BCUT2D eigenvalue weighted by atomic mass is 9.76. The van der Waals surface area contributed by atoms with Gasteiger partial charge in [0.25, 0.3) is 0 Å². The largest absolute Gasteiger partial charge is 0.462 e. The average molecular weight is 557 g/mol. The molecule has 5 rings (SSSR count). The van der Waals surface area contributed by atoms with Crippen molar-refractivity contribution >= 4 is 12.2 Å². The summed E-state index contributed by atoms with van der Waals surface area (Å²) in [6.45, 7) is 8.61. The van der Waals surface area contributed by atoms with Gasteiger partial charge < -0.3 is 9.30 Å². The zero-order chi connectivity index (χ0) is 29.0. The highest BCUT2D eigenvalue weighted by Gasteiger charge is 2.34. The number of tetrazole rings is 1. The van der Waals surface area contributed by atoms with Crippen LogP contribution in [0.15, 0.2) is 64.8 Å². The first-order valence-electron chi connectivity index (χ1n) is 14.1. The molecule has 0 saturated carbocycles. The molecule has 0 spiro atoms. The number of hydrogen-bond acceptors (Lipinski definition) is 7. The van der Waals surface area contributed by atoms with E-state index < -0.39 is 11.4 Å². The third-order valence-electron chi connectivity index (χ3n) is 7.55. The predicted octanol–water partition coefficient (Wildman–Crippen LogP) is 4.65. The number of aromatic amines is 1. The molecule has 0 aliphatic carbocycles. The first-order chi connectivity index (χ1) is 19.9. The monoisotopic (exact) mass is 556 g/mol. The molecule has 1 atom stereocenters. The van der Waals surface area contributed by atoms with Crippen LogP contribution in [0.2, 0.25) is 0 Å². The van der Waals surface area contributed by atoms with Crippen LogP contribution in [0.1, 0.15) is 74.6 Å². The molecule has 4 heterocycles. The number of allylic oxidation sites excluding steroid dienone is 1. The Labute approximate surface area is 238 Å². The van der Waals surface area contributed by atoms with Crippen molar-refractivity contribution in [3.63, 3.8) is 0 Å². The van der Waals surface area contributed by atoms with Gasteiger partial charge in [-0.05, 0) is 68.2 Å². The molecule has 0 bridgehead atoms. The number of esters is 1. The Kier molecular flexibility index (Phi) is 8.14. The predicted molar refractivity (Wildman–Crippen MR) is 157 cm³/mol. The zero-order valence-corrected chi connectivity index (χ0v) is 23.9. The second-order valence-electron chi connectivity index (χ2n) is 10.6. The van der Waals surface area contributed by atoms with Gasteiger partial charge in [0.1, 0.15) is 11.4 Å². The fraction of sp³-hybridized carbons (Fsp3) is 0.400. The maximum atomic E-state index is 14.3. The van der Waals surface area contributed by atoms with E-state index in [4.69, 9.17) is 4.74 Å². The highest BCUT2D eigenvalue weighted by Crippen LogP contribution is 2.35. The van der Waals surface area contributed by atoms with Crippen LogP contribution >= 0.6 is 0 Å². The number of rotatable bonds is 11. The SMILES string of the molecule is CCCCc1cn(-c2c(C(=O)OCC)ccn2C(C)C)c(=O)n1CC1(c2cccc(-c3nnn[nH]3)c2)C=CN=CC1. The Morgan fingerprint density at radius 2 is 2.07 bits per heavy atom. The standard InChI is InChI=1S/C30H36N8O3/c1-5-7-11-24-19-37(27-25(28(39)41-6-2)12-17-36(27)21(3)4)29(40)38(24)20-30(13-15-31-16-14-30)23-10-8-9-22(18-23)26-32-34-35-33-26/h8-10,12-13,15-19,21H,5-7,11,14,20H2,1-4H3,(H,32,33,34,35). The number of carbonyl (C=O) groups excluding carboxylic acids is 1. The van der Waals surface area contributed by atoms with Crippen molar-refractivity contribution in [2.75, 3.05) is 6.61 Å². The minimum absolute atomic E-state index is 0.0275. The lowest BCUT2D eigenvalue weighted by molar-refractivity contribution is 0.0526. The summed E-state index contributed by atoms with van der Waals surface area (Å²) < 4.78 is 10.8. The highest BCUT2D eigenvalue weighted by molar-refractivity contribution is 5.93. The molecular weight excluding hydrogens is 520 g/mol. The van der Waals surface area contributed by atoms with Gasteiger partial charge in [-0.2, -0.15) is 0 Å². The fourth-order valence-corrected chi connectivity index (χ4v) is 5.38.